The van der Waals surface area contributed by atoms with Gasteiger partial charge in [0.2, 0.25) is 0 Å². The summed E-state index contributed by atoms with van der Waals surface area (Å²) in [6.45, 7) is 6.48. The van der Waals surface area contributed by atoms with E-state index in [1.54, 1.807) is 0 Å². The lowest BCUT2D eigenvalue weighted by atomic mass is 10.0. The molecule has 0 N–H and O–H groups in total. The van der Waals surface area contributed by atoms with Gasteiger partial charge in [0.1, 0.15) is 13.2 Å². The first-order chi connectivity index (χ1) is 33.0. The van der Waals surface area contributed by atoms with Gasteiger partial charge in [0.15, 0.2) is 6.10 Å². The molecule has 1 unspecified atom stereocenters. The molecule has 0 aliphatic carbocycles. The van der Waals surface area contributed by atoms with Crippen molar-refractivity contribution < 1.29 is 28.6 Å². The summed E-state index contributed by atoms with van der Waals surface area (Å²) in [5.41, 5.74) is 0. The van der Waals surface area contributed by atoms with Crippen LogP contribution in [0, 0.1) is 0 Å². The number of allylic oxidation sites excluding steroid dienone is 14. The average molecular weight is 933 g/mol. The van der Waals surface area contributed by atoms with Crippen molar-refractivity contribution in [1.82, 2.24) is 0 Å². The predicted octanol–water partition coefficient (Wildman–Crippen LogP) is 18.8. The quantitative estimate of drug-likeness (QED) is 0.0199. The summed E-state index contributed by atoms with van der Waals surface area (Å²) in [4.78, 5) is 38.1. The third-order valence-electron chi connectivity index (χ3n) is 11.9. The normalized spacial score (nSPS) is 12.7. The van der Waals surface area contributed by atoms with Gasteiger partial charge >= 0.3 is 17.9 Å². The van der Waals surface area contributed by atoms with E-state index in [4.69, 9.17) is 14.2 Å². The molecule has 0 spiro atoms. The van der Waals surface area contributed by atoms with Gasteiger partial charge in [-0.15, -0.1) is 0 Å². The van der Waals surface area contributed by atoms with Gasteiger partial charge < -0.3 is 14.2 Å². The minimum Gasteiger partial charge on any atom is -0.462 e. The lowest BCUT2D eigenvalue weighted by molar-refractivity contribution is -0.167. The van der Waals surface area contributed by atoms with E-state index in [1.165, 1.54) is 116 Å². The van der Waals surface area contributed by atoms with Gasteiger partial charge in [0, 0.05) is 19.3 Å². The molecular weight excluding hydrogens is 829 g/mol. The molecule has 0 aromatic heterocycles. The Morgan fingerprint density at radius 2 is 0.627 bits per heavy atom. The Balaban J connectivity index is 4.48. The van der Waals surface area contributed by atoms with E-state index in [2.05, 4.69) is 106 Å². The average Bonchev–Trinajstić information content (AvgIpc) is 3.33. The minimum absolute atomic E-state index is 0.0963. The highest BCUT2D eigenvalue weighted by Gasteiger charge is 2.19. The summed E-state index contributed by atoms with van der Waals surface area (Å²) in [5, 5.41) is 0. The monoisotopic (exact) mass is 933 g/mol. The Morgan fingerprint density at radius 3 is 1.01 bits per heavy atom. The third kappa shape index (κ3) is 53.4. The molecule has 0 radical (unpaired) electrons. The van der Waals surface area contributed by atoms with Crippen LogP contribution >= 0.6 is 0 Å². The maximum Gasteiger partial charge on any atom is 0.306 e. The SMILES string of the molecule is CC/C=C\C/C=C\C/C=C\C/C=C\C/C=C\CCCCCC(=O)OCC(COC(=O)CCCCCCCCCCCCCCCC)OC(=O)CCCCC/C=C\C=C/CCCCCCCCC. The Labute approximate surface area is 414 Å². The minimum atomic E-state index is -0.803. The molecular formula is C61H104O6. The highest BCUT2D eigenvalue weighted by molar-refractivity contribution is 5.71. The maximum absolute atomic E-state index is 12.8. The molecule has 0 fully saturated rings. The molecule has 0 heterocycles. The molecule has 67 heavy (non-hydrogen) atoms. The number of hydrogen-bond acceptors (Lipinski definition) is 6. The second-order valence-electron chi connectivity index (χ2n) is 18.5. The first-order valence-corrected chi connectivity index (χ1v) is 28.1. The van der Waals surface area contributed by atoms with Crippen molar-refractivity contribution in [3.8, 4) is 0 Å². The fraction of sp³-hybridized carbons (Fsp3) is 0.721. The standard InChI is InChI=1S/C61H104O6/c1-4-7-10-13-16-19-22-25-28-30-31-32-34-36-39-42-45-48-51-54-60(63)66-57-58(56-65-59(62)53-50-47-44-41-38-35-27-24-21-18-15-12-9-6-3)67-61(64)55-52-49-46-43-40-37-33-29-26-23-20-17-14-11-8-5-2/h7,10,16,19,25,28-29,31-33,36-37,39-40,58H,4-6,8-9,11-15,17-18,20-24,26-27,30,34-35,38,41-57H2,1-3H3/b10-7-,19-16-,28-25-,32-31-,33-29-,39-36-,40-37-. The second-order valence-corrected chi connectivity index (χ2v) is 18.5. The molecule has 1 atom stereocenters. The van der Waals surface area contributed by atoms with Crippen LogP contribution in [0.4, 0.5) is 0 Å². The number of carbonyl (C=O) groups is 3. The van der Waals surface area contributed by atoms with Crippen molar-refractivity contribution in [2.45, 2.75) is 271 Å². The lowest BCUT2D eigenvalue weighted by Crippen LogP contribution is -2.30. The molecule has 0 rings (SSSR count). The molecule has 6 nitrogen and oxygen atoms in total. The highest BCUT2D eigenvalue weighted by atomic mass is 16.6. The zero-order valence-electron chi connectivity index (χ0n) is 43.9. The van der Waals surface area contributed by atoms with Gasteiger partial charge in [-0.1, -0.05) is 241 Å². The summed E-state index contributed by atoms with van der Waals surface area (Å²) in [7, 11) is 0. The van der Waals surface area contributed by atoms with Gasteiger partial charge in [-0.2, -0.15) is 0 Å². The Hall–Kier alpha value is -3.41. The van der Waals surface area contributed by atoms with Crippen LogP contribution in [0.1, 0.15) is 265 Å². The van der Waals surface area contributed by atoms with Gasteiger partial charge in [-0.05, 0) is 89.9 Å². The van der Waals surface area contributed by atoms with Gasteiger partial charge in [0.05, 0.1) is 0 Å². The Bertz CT molecular complexity index is 1300. The van der Waals surface area contributed by atoms with E-state index >= 15 is 0 Å². The molecule has 0 aliphatic rings. The zero-order chi connectivity index (χ0) is 48.6. The fourth-order valence-corrected chi connectivity index (χ4v) is 7.70. The van der Waals surface area contributed by atoms with Crippen LogP contribution in [0.15, 0.2) is 85.1 Å². The summed E-state index contributed by atoms with van der Waals surface area (Å²) < 4.78 is 16.8. The van der Waals surface area contributed by atoms with Crippen molar-refractivity contribution in [3.05, 3.63) is 85.1 Å². The maximum atomic E-state index is 12.8. The molecule has 0 amide bonds. The zero-order valence-corrected chi connectivity index (χ0v) is 43.9. The van der Waals surface area contributed by atoms with Crippen LogP contribution in [0.2, 0.25) is 0 Å². The van der Waals surface area contributed by atoms with Crippen molar-refractivity contribution in [3.63, 3.8) is 0 Å². The van der Waals surface area contributed by atoms with Gasteiger partial charge in [-0.25, -0.2) is 0 Å². The van der Waals surface area contributed by atoms with Crippen molar-refractivity contribution in [2.24, 2.45) is 0 Å². The number of rotatable bonds is 50. The topological polar surface area (TPSA) is 78.9 Å². The van der Waals surface area contributed by atoms with Crippen molar-refractivity contribution >= 4 is 17.9 Å². The number of esters is 3. The summed E-state index contributed by atoms with van der Waals surface area (Å²) >= 11 is 0. The molecule has 0 saturated carbocycles. The second kappa shape index (κ2) is 55.2. The molecule has 0 saturated heterocycles. The number of hydrogen-bond donors (Lipinski definition) is 0. The van der Waals surface area contributed by atoms with Crippen LogP contribution in [0.25, 0.3) is 0 Å². The highest BCUT2D eigenvalue weighted by Crippen LogP contribution is 2.15. The van der Waals surface area contributed by atoms with Gasteiger partial charge in [0.25, 0.3) is 0 Å². The van der Waals surface area contributed by atoms with E-state index in [9.17, 15) is 14.4 Å². The number of carbonyl (C=O) groups excluding carboxylic acids is 3. The molecule has 0 aromatic rings. The van der Waals surface area contributed by atoms with E-state index in [1.807, 2.05) is 0 Å². The molecule has 0 bridgehead atoms. The smallest absolute Gasteiger partial charge is 0.306 e. The van der Waals surface area contributed by atoms with Crippen molar-refractivity contribution in [2.75, 3.05) is 13.2 Å². The van der Waals surface area contributed by atoms with Crippen molar-refractivity contribution in [1.29, 1.82) is 0 Å². The number of unbranched alkanes of at least 4 members (excludes halogenated alkanes) is 26. The summed E-state index contributed by atoms with van der Waals surface area (Å²) in [6.07, 6.45) is 71.4. The summed E-state index contributed by atoms with van der Waals surface area (Å²) in [5.74, 6) is -0.951. The summed E-state index contributed by atoms with van der Waals surface area (Å²) in [6, 6.07) is 0. The largest absolute Gasteiger partial charge is 0.462 e. The lowest BCUT2D eigenvalue weighted by Gasteiger charge is -2.18. The number of ether oxygens (including phenoxy) is 3. The fourth-order valence-electron chi connectivity index (χ4n) is 7.70. The van der Waals surface area contributed by atoms with Crippen LogP contribution in [-0.2, 0) is 28.6 Å². The van der Waals surface area contributed by atoms with E-state index in [-0.39, 0.29) is 37.5 Å². The molecule has 0 aromatic carbocycles. The molecule has 6 heteroatoms. The Morgan fingerprint density at radius 1 is 0.328 bits per heavy atom. The van der Waals surface area contributed by atoms with Crippen LogP contribution in [-0.4, -0.2) is 37.2 Å². The Kier molecular flexibility index (Phi) is 52.4. The molecule has 0 aliphatic heterocycles. The first-order valence-electron chi connectivity index (χ1n) is 28.1. The van der Waals surface area contributed by atoms with E-state index < -0.39 is 6.10 Å². The first kappa shape index (κ1) is 63.6. The van der Waals surface area contributed by atoms with E-state index in [0.29, 0.717) is 12.8 Å². The van der Waals surface area contributed by atoms with Crippen LogP contribution < -0.4 is 0 Å². The molecule has 384 valence electrons. The third-order valence-corrected chi connectivity index (χ3v) is 11.9. The van der Waals surface area contributed by atoms with Crippen LogP contribution in [0.5, 0.6) is 0 Å². The van der Waals surface area contributed by atoms with E-state index in [0.717, 1.165) is 109 Å². The predicted molar refractivity (Wildman–Crippen MR) is 288 cm³/mol. The van der Waals surface area contributed by atoms with Crippen LogP contribution in [0.3, 0.4) is 0 Å². The van der Waals surface area contributed by atoms with Gasteiger partial charge in [-0.3, -0.25) is 14.4 Å².